The van der Waals surface area contributed by atoms with Gasteiger partial charge in [-0.3, -0.25) is 0 Å². The molecule has 0 bridgehead atoms. The van der Waals surface area contributed by atoms with Gasteiger partial charge in [0.25, 0.3) is 0 Å². The number of hydrogen-bond acceptors (Lipinski definition) is 1. The molecule has 2 nitrogen and oxygen atoms in total. The summed E-state index contributed by atoms with van der Waals surface area (Å²) in [6, 6.07) is 79.2. The summed E-state index contributed by atoms with van der Waals surface area (Å²) in [6.45, 7) is 4.32. The monoisotopic (exact) mass is 742 g/mol. The van der Waals surface area contributed by atoms with Gasteiger partial charge < -0.3 is 9.47 Å². The van der Waals surface area contributed by atoms with Gasteiger partial charge >= 0.3 is 0 Å². The van der Waals surface area contributed by atoms with E-state index in [1.165, 1.54) is 77.4 Å². The predicted octanol–water partition coefficient (Wildman–Crippen LogP) is 15.5. The van der Waals surface area contributed by atoms with E-state index in [9.17, 15) is 0 Å². The number of benzene rings is 9. The first-order valence-electron chi connectivity index (χ1n) is 20.0. The second kappa shape index (κ2) is 14.9. The van der Waals surface area contributed by atoms with Gasteiger partial charge in [0.1, 0.15) is 0 Å². The van der Waals surface area contributed by atoms with Gasteiger partial charge in [-0.15, -0.1) is 0 Å². The average molecular weight is 743 g/mol. The third kappa shape index (κ3) is 6.65. The first kappa shape index (κ1) is 35.0. The van der Waals surface area contributed by atoms with E-state index in [2.05, 4.69) is 242 Å². The van der Waals surface area contributed by atoms with E-state index in [0.29, 0.717) is 0 Å². The Morgan fingerprint density at radius 2 is 0.621 bits per heavy atom. The quantitative estimate of drug-likeness (QED) is 0.150. The number of para-hydroxylation sites is 3. The number of anilines is 3. The van der Waals surface area contributed by atoms with Gasteiger partial charge in [0.05, 0.1) is 11.0 Å². The normalized spacial score (nSPS) is 11.3. The van der Waals surface area contributed by atoms with Crippen LogP contribution in [0.1, 0.15) is 11.1 Å². The van der Waals surface area contributed by atoms with Crippen LogP contribution in [0.25, 0.3) is 72.0 Å². The van der Waals surface area contributed by atoms with Crippen molar-refractivity contribution < 1.29 is 0 Å². The Bertz CT molecular complexity index is 2940. The Hall–Kier alpha value is -7.42. The summed E-state index contributed by atoms with van der Waals surface area (Å²) in [5.41, 5.74) is 19.2. The molecule has 276 valence electrons. The molecule has 0 amide bonds. The molecule has 0 atom stereocenters. The van der Waals surface area contributed by atoms with Crippen LogP contribution in [0.5, 0.6) is 0 Å². The number of hydrogen-bond donors (Lipinski definition) is 0. The van der Waals surface area contributed by atoms with Gasteiger partial charge in [-0.2, -0.15) is 0 Å². The summed E-state index contributed by atoms with van der Waals surface area (Å²) < 4.78 is 2.36. The van der Waals surface area contributed by atoms with Crippen LogP contribution in [-0.2, 0) is 0 Å². The predicted molar refractivity (Wildman–Crippen MR) is 247 cm³/mol. The average Bonchev–Trinajstić information content (AvgIpc) is 3.62. The maximum Gasteiger partial charge on any atom is 0.0541 e. The molecular weight excluding hydrogens is 701 g/mol. The molecular formula is C56H42N2. The van der Waals surface area contributed by atoms with Crippen molar-refractivity contribution in [2.45, 2.75) is 13.8 Å². The highest BCUT2D eigenvalue weighted by Crippen LogP contribution is 2.38. The fourth-order valence-corrected chi connectivity index (χ4v) is 8.49. The topological polar surface area (TPSA) is 8.17 Å². The largest absolute Gasteiger partial charge is 0.311 e. The van der Waals surface area contributed by atoms with Gasteiger partial charge in [0.15, 0.2) is 0 Å². The molecule has 0 N–H and O–H groups in total. The summed E-state index contributed by atoms with van der Waals surface area (Å²) in [5.74, 6) is 0. The zero-order valence-electron chi connectivity index (χ0n) is 32.7. The van der Waals surface area contributed by atoms with Crippen LogP contribution < -0.4 is 4.90 Å². The molecule has 0 radical (unpaired) electrons. The molecule has 0 aliphatic carbocycles. The minimum Gasteiger partial charge on any atom is -0.311 e. The zero-order valence-corrected chi connectivity index (χ0v) is 32.7. The van der Waals surface area contributed by atoms with Crippen molar-refractivity contribution in [3.8, 4) is 50.2 Å². The summed E-state index contributed by atoms with van der Waals surface area (Å²) in [6.07, 6.45) is 0. The molecule has 1 heterocycles. The van der Waals surface area contributed by atoms with Crippen molar-refractivity contribution in [2.24, 2.45) is 0 Å². The van der Waals surface area contributed by atoms with Gasteiger partial charge in [0, 0.05) is 33.5 Å². The Kier molecular flexibility index (Phi) is 9.01. The van der Waals surface area contributed by atoms with Gasteiger partial charge in [-0.05, 0) is 119 Å². The molecule has 0 unspecified atom stereocenters. The first-order chi connectivity index (χ1) is 28.6. The number of aromatic nitrogens is 1. The van der Waals surface area contributed by atoms with E-state index < -0.39 is 0 Å². The Balaban J connectivity index is 0.889. The molecule has 0 aliphatic rings. The van der Waals surface area contributed by atoms with Crippen molar-refractivity contribution in [1.29, 1.82) is 0 Å². The van der Waals surface area contributed by atoms with E-state index in [1.807, 2.05) is 0 Å². The van der Waals surface area contributed by atoms with Crippen LogP contribution in [0.15, 0.2) is 218 Å². The summed E-state index contributed by atoms with van der Waals surface area (Å²) in [7, 11) is 0. The molecule has 10 aromatic rings. The molecule has 0 saturated heterocycles. The van der Waals surface area contributed by atoms with E-state index in [0.717, 1.165) is 22.7 Å². The number of fused-ring (bicyclic) bond motifs is 3. The second-order valence-electron chi connectivity index (χ2n) is 15.2. The molecule has 0 aliphatic heterocycles. The van der Waals surface area contributed by atoms with Crippen LogP contribution in [-0.4, -0.2) is 4.57 Å². The van der Waals surface area contributed by atoms with Crippen LogP contribution >= 0.6 is 0 Å². The lowest BCUT2D eigenvalue weighted by molar-refractivity contribution is 1.18. The standard InChI is InChI=1S/C56H42N2/c1-39-36-40(2)38-48(37-39)47-22-20-42(21-23-47)41-16-18-43(19-17-41)44-24-30-50(31-25-44)57(49-10-4-3-5-11-49)51-32-26-45(27-33-51)46-28-34-52(35-29-46)58-55-14-8-6-12-53(55)54-13-7-9-15-56(54)58/h3-38H,1-2H3. The summed E-state index contributed by atoms with van der Waals surface area (Å²) >= 11 is 0. The smallest absolute Gasteiger partial charge is 0.0541 e. The van der Waals surface area contributed by atoms with Crippen molar-refractivity contribution in [3.63, 3.8) is 0 Å². The van der Waals surface area contributed by atoms with Crippen molar-refractivity contribution in [1.82, 2.24) is 4.57 Å². The van der Waals surface area contributed by atoms with Crippen LogP contribution in [0.3, 0.4) is 0 Å². The number of rotatable bonds is 8. The van der Waals surface area contributed by atoms with E-state index in [-0.39, 0.29) is 0 Å². The Labute approximate surface area is 340 Å². The van der Waals surface area contributed by atoms with E-state index in [4.69, 9.17) is 0 Å². The molecule has 0 spiro atoms. The fourth-order valence-electron chi connectivity index (χ4n) is 8.49. The zero-order chi connectivity index (χ0) is 39.0. The first-order valence-corrected chi connectivity index (χ1v) is 20.0. The number of nitrogens with zero attached hydrogens (tertiary/aromatic N) is 2. The highest BCUT2D eigenvalue weighted by Gasteiger charge is 2.15. The minimum atomic E-state index is 1.11. The fraction of sp³-hybridized carbons (Fsp3) is 0.0357. The SMILES string of the molecule is Cc1cc(C)cc(-c2ccc(-c3ccc(-c4ccc(N(c5ccccc5)c5ccc(-c6ccc(-n7c8ccccc8c8ccccc87)cc6)cc5)cc4)cc3)cc2)c1. The van der Waals surface area contributed by atoms with E-state index >= 15 is 0 Å². The third-order valence-corrected chi connectivity index (χ3v) is 11.3. The summed E-state index contributed by atoms with van der Waals surface area (Å²) in [4.78, 5) is 2.32. The molecule has 1 aromatic heterocycles. The van der Waals surface area contributed by atoms with Crippen molar-refractivity contribution in [2.75, 3.05) is 4.90 Å². The highest BCUT2D eigenvalue weighted by atomic mass is 15.1. The molecule has 0 saturated carbocycles. The molecule has 10 rings (SSSR count). The van der Waals surface area contributed by atoms with Crippen LogP contribution in [0.2, 0.25) is 0 Å². The molecule has 2 heteroatoms. The summed E-state index contributed by atoms with van der Waals surface area (Å²) in [5, 5.41) is 2.55. The Morgan fingerprint density at radius 3 is 1.05 bits per heavy atom. The van der Waals surface area contributed by atoms with Crippen LogP contribution in [0.4, 0.5) is 17.1 Å². The lowest BCUT2D eigenvalue weighted by atomic mass is 9.96. The lowest BCUT2D eigenvalue weighted by Gasteiger charge is -2.26. The van der Waals surface area contributed by atoms with Crippen LogP contribution in [0, 0.1) is 13.8 Å². The second-order valence-corrected chi connectivity index (χ2v) is 15.2. The number of aryl methyl sites for hydroxylation is 2. The van der Waals surface area contributed by atoms with Crippen molar-refractivity contribution in [3.05, 3.63) is 230 Å². The lowest BCUT2D eigenvalue weighted by Crippen LogP contribution is -2.09. The maximum absolute atomic E-state index is 2.36. The minimum absolute atomic E-state index is 1.11. The maximum atomic E-state index is 2.36. The van der Waals surface area contributed by atoms with Gasteiger partial charge in [-0.1, -0.05) is 169 Å². The van der Waals surface area contributed by atoms with E-state index in [1.54, 1.807) is 0 Å². The molecule has 58 heavy (non-hydrogen) atoms. The molecule has 9 aromatic carbocycles. The Morgan fingerprint density at radius 1 is 0.293 bits per heavy atom. The van der Waals surface area contributed by atoms with Crippen molar-refractivity contribution >= 4 is 38.9 Å². The highest BCUT2D eigenvalue weighted by molar-refractivity contribution is 6.09. The van der Waals surface area contributed by atoms with Gasteiger partial charge in [0.2, 0.25) is 0 Å². The molecule has 0 fully saturated rings. The van der Waals surface area contributed by atoms with Gasteiger partial charge in [-0.25, -0.2) is 0 Å². The third-order valence-electron chi connectivity index (χ3n) is 11.3.